The molecule has 0 heterocycles. The Balaban J connectivity index is 2.32. The number of carbonyl (C=O) groups is 2. The molecule has 0 saturated heterocycles. The van der Waals surface area contributed by atoms with Crippen molar-refractivity contribution in [3.05, 3.63) is 69.8 Å². The number of amides is 2. The molecule has 0 aliphatic carbocycles. The monoisotopic (exact) mass is 352 g/mol. The van der Waals surface area contributed by atoms with E-state index >= 15 is 0 Å². The van der Waals surface area contributed by atoms with Crippen LogP contribution in [0.1, 0.15) is 63.7 Å². The molecule has 138 valence electrons. The Hall–Kier alpha value is -2.62. The molecule has 0 aliphatic rings. The minimum absolute atomic E-state index is 0.224. The van der Waals surface area contributed by atoms with Gasteiger partial charge < -0.3 is 0 Å². The van der Waals surface area contributed by atoms with Crippen LogP contribution in [0.4, 0.5) is 0 Å². The quantitative estimate of drug-likeness (QED) is 0.809. The minimum atomic E-state index is -0.564. The zero-order valence-electron chi connectivity index (χ0n) is 16.7. The maximum Gasteiger partial charge on any atom is 0.272 e. The molecule has 1 N–H and O–H groups in total. The van der Waals surface area contributed by atoms with Crippen molar-refractivity contribution in [2.45, 2.75) is 54.0 Å². The number of nitrogens with zero attached hydrogens (tertiary/aromatic N) is 1. The van der Waals surface area contributed by atoms with Gasteiger partial charge in [-0.25, -0.2) is 5.01 Å². The summed E-state index contributed by atoms with van der Waals surface area (Å²) in [7, 11) is 0. The Morgan fingerprint density at radius 2 is 1.23 bits per heavy atom. The molecule has 2 aromatic rings. The summed E-state index contributed by atoms with van der Waals surface area (Å²) in [6.45, 7) is 13.6. The molecule has 0 fully saturated rings. The van der Waals surface area contributed by atoms with Crippen LogP contribution in [-0.4, -0.2) is 22.4 Å². The Morgan fingerprint density at radius 3 is 1.69 bits per heavy atom. The number of rotatable bonds is 2. The molecule has 4 heteroatoms. The van der Waals surface area contributed by atoms with Crippen LogP contribution in [0.15, 0.2) is 36.4 Å². The van der Waals surface area contributed by atoms with E-state index in [-0.39, 0.29) is 11.8 Å². The molecule has 0 spiro atoms. The van der Waals surface area contributed by atoms with E-state index in [1.807, 2.05) is 72.7 Å². The summed E-state index contributed by atoms with van der Waals surface area (Å²) in [5, 5.41) is 1.41. The molecule has 0 unspecified atom stereocenters. The van der Waals surface area contributed by atoms with Crippen molar-refractivity contribution in [2.75, 3.05) is 0 Å². The first kappa shape index (κ1) is 19.7. The van der Waals surface area contributed by atoms with Gasteiger partial charge in [-0.15, -0.1) is 0 Å². The van der Waals surface area contributed by atoms with Crippen LogP contribution in [0.25, 0.3) is 0 Å². The molecular formula is C22H28N2O2. The summed E-state index contributed by atoms with van der Waals surface area (Å²) in [6.07, 6.45) is 0. The van der Waals surface area contributed by atoms with Crippen LogP contribution in [0.5, 0.6) is 0 Å². The molecule has 26 heavy (non-hydrogen) atoms. The molecule has 2 amide bonds. The standard InChI is InChI=1S/C22H28N2O2/c1-14-8-10-18(12-16(14)3)20(25)23-24(22(5,6)7)21(26)19-11-9-15(2)17(4)13-19/h8-13H,1-7H3,(H,23,25). The topological polar surface area (TPSA) is 49.4 Å². The maximum absolute atomic E-state index is 13.1. The highest BCUT2D eigenvalue weighted by Crippen LogP contribution is 2.18. The molecule has 2 aromatic carbocycles. The van der Waals surface area contributed by atoms with E-state index in [0.29, 0.717) is 11.1 Å². The number of hydrogen-bond acceptors (Lipinski definition) is 2. The fourth-order valence-electron chi connectivity index (χ4n) is 2.58. The summed E-state index contributed by atoms with van der Waals surface area (Å²) >= 11 is 0. The summed E-state index contributed by atoms with van der Waals surface area (Å²) in [5.74, 6) is -0.516. The van der Waals surface area contributed by atoms with Crippen molar-refractivity contribution in [2.24, 2.45) is 0 Å². The first-order valence-corrected chi connectivity index (χ1v) is 8.81. The van der Waals surface area contributed by atoms with Gasteiger partial charge in [0.2, 0.25) is 0 Å². The molecule has 0 aromatic heterocycles. The normalized spacial score (nSPS) is 11.2. The van der Waals surface area contributed by atoms with Crippen molar-refractivity contribution < 1.29 is 9.59 Å². The van der Waals surface area contributed by atoms with Gasteiger partial charge in [0, 0.05) is 11.1 Å². The van der Waals surface area contributed by atoms with E-state index in [1.165, 1.54) is 5.01 Å². The highest BCUT2D eigenvalue weighted by molar-refractivity contribution is 5.99. The van der Waals surface area contributed by atoms with E-state index < -0.39 is 5.54 Å². The second-order valence-corrected chi connectivity index (χ2v) is 7.85. The van der Waals surface area contributed by atoms with Gasteiger partial charge in [-0.2, -0.15) is 0 Å². The molecule has 0 radical (unpaired) electrons. The fourth-order valence-corrected chi connectivity index (χ4v) is 2.58. The van der Waals surface area contributed by atoms with Gasteiger partial charge in [-0.05, 0) is 95.0 Å². The molecule has 0 saturated carbocycles. The van der Waals surface area contributed by atoms with Gasteiger partial charge >= 0.3 is 0 Å². The zero-order valence-corrected chi connectivity index (χ0v) is 16.7. The average Bonchev–Trinajstić information content (AvgIpc) is 2.55. The van der Waals surface area contributed by atoms with Gasteiger partial charge in [-0.1, -0.05) is 12.1 Å². The lowest BCUT2D eigenvalue weighted by Crippen LogP contribution is -2.55. The highest BCUT2D eigenvalue weighted by atomic mass is 16.2. The molecule has 0 bridgehead atoms. The second-order valence-electron chi connectivity index (χ2n) is 7.85. The van der Waals surface area contributed by atoms with Crippen molar-refractivity contribution in [1.29, 1.82) is 0 Å². The van der Waals surface area contributed by atoms with E-state index in [0.717, 1.165) is 22.3 Å². The van der Waals surface area contributed by atoms with Gasteiger partial charge in [0.15, 0.2) is 0 Å². The minimum Gasteiger partial charge on any atom is -0.267 e. The van der Waals surface area contributed by atoms with E-state index in [1.54, 1.807) is 12.1 Å². The third-order valence-corrected chi connectivity index (χ3v) is 4.61. The van der Waals surface area contributed by atoms with Crippen molar-refractivity contribution >= 4 is 11.8 Å². The third kappa shape index (κ3) is 4.31. The Kier molecular flexibility index (Phi) is 5.55. The largest absolute Gasteiger partial charge is 0.272 e. The summed E-state index contributed by atoms with van der Waals surface area (Å²) in [6, 6.07) is 11.1. The van der Waals surface area contributed by atoms with Crippen LogP contribution >= 0.6 is 0 Å². The predicted octanol–water partition coefficient (Wildman–Crippen LogP) is 4.51. The van der Waals surface area contributed by atoms with Gasteiger partial charge in [0.25, 0.3) is 11.8 Å². The number of aryl methyl sites for hydroxylation is 4. The second kappa shape index (κ2) is 7.32. The molecule has 0 aliphatic heterocycles. The third-order valence-electron chi connectivity index (χ3n) is 4.61. The maximum atomic E-state index is 13.1. The average molecular weight is 352 g/mol. The van der Waals surface area contributed by atoms with Crippen LogP contribution < -0.4 is 5.43 Å². The zero-order chi connectivity index (χ0) is 19.6. The van der Waals surface area contributed by atoms with E-state index in [9.17, 15) is 9.59 Å². The first-order chi connectivity index (χ1) is 12.0. The summed E-state index contributed by atoms with van der Waals surface area (Å²) < 4.78 is 0. The summed E-state index contributed by atoms with van der Waals surface area (Å²) in [4.78, 5) is 25.8. The molecule has 4 nitrogen and oxygen atoms in total. The number of benzene rings is 2. The first-order valence-electron chi connectivity index (χ1n) is 8.81. The van der Waals surface area contributed by atoms with E-state index in [2.05, 4.69) is 5.43 Å². The van der Waals surface area contributed by atoms with Crippen molar-refractivity contribution in [3.63, 3.8) is 0 Å². The number of nitrogens with one attached hydrogen (secondary N) is 1. The molecule has 0 atom stereocenters. The fraction of sp³-hybridized carbons (Fsp3) is 0.364. The van der Waals surface area contributed by atoms with Gasteiger partial charge in [0.1, 0.15) is 0 Å². The van der Waals surface area contributed by atoms with Crippen LogP contribution in [0, 0.1) is 27.7 Å². The van der Waals surface area contributed by atoms with Gasteiger partial charge in [0.05, 0.1) is 5.54 Å². The Morgan fingerprint density at radius 1 is 0.769 bits per heavy atom. The van der Waals surface area contributed by atoms with E-state index in [4.69, 9.17) is 0 Å². The Bertz CT molecular complexity index is 848. The number of carbonyl (C=O) groups excluding carboxylic acids is 2. The van der Waals surface area contributed by atoms with Crippen LogP contribution in [0.2, 0.25) is 0 Å². The molecular weight excluding hydrogens is 324 g/mol. The SMILES string of the molecule is Cc1ccc(C(=O)NN(C(=O)c2ccc(C)c(C)c2)C(C)(C)C)cc1C. The lowest BCUT2D eigenvalue weighted by atomic mass is 10.0. The lowest BCUT2D eigenvalue weighted by Gasteiger charge is -2.35. The summed E-state index contributed by atoms with van der Waals surface area (Å²) in [5.41, 5.74) is 7.67. The predicted molar refractivity (Wildman–Crippen MR) is 105 cm³/mol. The van der Waals surface area contributed by atoms with Crippen LogP contribution in [0.3, 0.4) is 0 Å². The van der Waals surface area contributed by atoms with Crippen molar-refractivity contribution in [3.8, 4) is 0 Å². The lowest BCUT2D eigenvalue weighted by molar-refractivity contribution is 0.0358. The molecule has 2 rings (SSSR count). The Labute approximate surface area is 156 Å². The number of hydrazine groups is 1. The highest BCUT2D eigenvalue weighted by Gasteiger charge is 2.29. The van der Waals surface area contributed by atoms with Crippen molar-refractivity contribution in [1.82, 2.24) is 10.4 Å². The number of hydrogen-bond donors (Lipinski definition) is 1. The van der Waals surface area contributed by atoms with Crippen LogP contribution in [-0.2, 0) is 0 Å². The van der Waals surface area contributed by atoms with Gasteiger partial charge in [-0.3, -0.25) is 15.0 Å². The smallest absolute Gasteiger partial charge is 0.267 e.